The van der Waals surface area contributed by atoms with Gasteiger partial charge in [0.1, 0.15) is 16.6 Å². The summed E-state index contributed by atoms with van der Waals surface area (Å²) in [7, 11) is 0. The lowest BCUT2D eigenvalue weighted by Gasteiger charge is -2.07. The molecule has 0 radical (unpaired) electrons. The fourth-order valence-electron chi connectivity index (χ4n) is 1.42. The molecule has 0 amide bonds. The number of aryl methyl sites for hydroxylation is 1. The summed E-state index contributed by atoms with van der Waals surface area (Å²) >= 11 is 12.0. The first-order chi connectivity index (χ1) is 7.20. The van der Waals surface area contributed by atoms with Crippen molar-refractivity contribution in [3.8, 4) is 11.1 Å². The van der Waals surface area contributed by atoms with Crippen LogP contribution in [0.2, 0.25) is 10.3 Å². The molecular weight excluding hydrogens is 231 g/mol. The van der Waals surface area contributed by atoms with Crippen LogP contribution < -0.4 is 0 Å². The first-order valence-electron chi connectivity index (χ1n) is 4.42. The number of rotatable bonds is 1. The molecule has 1 aromatic heterocycles. The molecule has 0 aliphatic heterocycles. The number of hydrogen-bond donors (Lipinski definition) is 0. The fourth-order valence-corrected chi connectivity index (χ4v) is 1.94. The van der Waals surface area contributed by atoms with Crippen molar-refractivity contribution in [3.63, 3.8) is 0 Å². The van der Waals surface area contributed by atoms with Crippen LogP contribution in [0.25, 0.3) is 11.1 Å². The second-order valence-electron chi connectivity index (χ2n) is 3.15. The van der Waals surface area contributed by atoms with Crippen molar-refractivity contribution in [2.24, 2.45) is 0 Å². The first-order valence-corrected chi connectivity index (χ1v) is 5.17. The van der Waals surface area contributed by atoms with Gasteiger partial charge in [0.05, 0.1) is 5.56 Å². The van der Waals surface area contributed by atoms with Gasteiger partial charge in [0, 0.05) is 0 Å². The standard InChI is InChI=1S/C11H8Cl2N2/c1-7-4-2-3-5-8(7)9-10(12)14-6-15-11(9)13/h2-6H,1H3. The zero-order valence-electron chi connectivity index (χ0n) is 8.04. The van der Waals surface area contributed by atoms with Crippen LogP contribution in [0.4, 0.5) is 0 Å². The number of nitrogens with zero attached hydrogens (tertiary/aromatic N) is 2. The summed E-state index contributed by atoms with van der Waals surface area (Å²) in [5.74, 6) is 0. The third-order valence-corrected chi connectivity index (χ3v) is 2.74. The topological polar surface area (TPSA) is 25.8 Å². The summed E-state index contributed by atoms with van der Waals surface area (Å²) in [6.45, 7) is 2.00. The van der Waals surface area contributed by atoms with Crippen molar-refractivity contribution in [1.29, 1.82) is 0 Å². The first kappa shape index (κ1) is 10.4. The molecule has 4 heteroatoms. The van der Waals surface area contributed by atoms with Gasteiger partial charge in [-0.1, -0.05) is 47.5 Å². The van der Waals surface area contributed by atoms with Gasteiger partial charge >= 0.3 is 0 Å². The highest BCUT2D eigenvalue weighted by Crippen LogP contribution is 2.33. The minimum absolute atomic E-state index is 0.379. The Labute approximate surface area is 97.9 Å². The highest BCUT2D eigenvalue weighted by Gasteiger charge is 2.11. The molecular formula is C11H8Cl2N2. The number of halogens is 2. The summed E-state index contributed by atoms with van der Waals surface area (Å²) in [5, 5.41) is 0.758. The fraction of sp³-hybridized carbons (Fsp3) is 0.0909. The van der Waals surface area contributed by atoms with E-state index >= 15 is 0 Å². The van der Waals surface area contributed by atoms with Crippen molar-refractivity contribution in [3.05, 3.63) is 46.5 Å². The predicted molar refractivity (Wildman–Crippen MR) is 62.2 cm³/mol. The maximum atomic E-state index is 6.00. The van der Waals surface area contributed by atoms with Gasteiger partial charge in [-0.15, -0.1) is 0 Å². The Kier molecular flexibility index (Phi) is 2.89. The smallest absolute Gasteiger partial charge is 0.141 e. The molecule has 1 aromatic carbocycles. The predicted octanol–water partition coefficient (Wildman–Crippen LogP) is 3.76. The van der Waals surface area contributed by atoms with Gasteiger partial charge < -0.3 is 0 Å². The molecule has 2 aromatic rings. The quantitative estimate of drug-likeness (QED) is 0.708. The van der Waals surface area contributed by atoms with Crippen LogP contribution in [0.1, 0.15) is 5.56 Å². The Hall–Kier alpha value is -1.12. The maximum Gasteiger partial charge on any atom is 0.141 e. The van der Waals surface area contributed by atoms with Crippen molar-refractivity contribution in [1.82, 2.24) is 9.97 Å². The molecule has 0 unspecified atom stereocenters. The molecule has 15 heavy (non-hydrogen) atoms. The van der Waals surface area contributed by atoms with Crippen LogP contribution in [0.5, 0.6) is 0 Å². The largest absolute Gasteiger partial charge is 0.224 e. The van der Waals surface area contributed by atoms with Gasteiger partial charge in [0.25, 0.3) is 0 Å². The zero-order chi connectivity index (χ0) is 10.8. The second kappa shape index (κ2) is 4.17. The monoisotopic (exact) mass is 238 g/mol. The van der Waals surface area contributed by atoms with Gasteiger partial charge in [-0.25, -0.2) is 9.97 Å². The molecule has 76 valence electrons. The van der Waals surface area contributed by atoms with E-state index in [9.17, 15) is 0 Å². The van der Waals surface area contributed by atoms with Gasteiger partial charge in [-0.2, -0.15) is 0 Å². The van der Waals surface area contributed by atoms with Crippen LogP contribution in [-0.2, 0) is 0 Å². The Balaban J connectivity index is 2.69. The lowest BCUT2D eigenvalue weighted by Crippen LogP contribution is -1.90. The minimum Gasteiger partial charge on any atom is -0.224 e. The van der Waals surface area contributed by atoms with Crippen LogP contribution in [-0.4, -0.2) is 9.97 Å². The van der Waals surface area contributed by atoms with Crippen LogP contribution in [0.3, 0.4) is 0 Å². The SMILES string of the molecule is Cc1ccccc1-c1c(Cl)ncnc1Cl. The molecule has 0 aliphatic rings. The van der Waals surface area contributed by atoms with Crippen molar-refractivity contribution < 1.29 is 0 Å². The molecule has 0 saturated heterocycles. The molecule has 0 N–H and O–H groups in total. The summed E-state index contributed by atoms with van der Waals surface area (Å²) < 4.78 is 0. The van der Waals surface area contributed by atoms with Gasteiger partial charge in [0.15, 0.2) is 0 Å². The number of hydrogen-bond acceptors (Lipinski definition) is 2. The summed E-state index contributed by atoms with van der Waals surface area (Å²) in [6, 6.07) is 7.84. The van der Waals surface area contributed by atoms with Crippen molar-refractivity contribution >= 4 is 23.2 Å². The van der Waals surface area contributed by atoms with E-state index < -0.39 is 0 Å². The zero-order valence-corrected chi connectivity index (χ0v) is 9.55. The second-order valence-corrected chi connectivity index (χ2v) is 3.86. The van der Waals surface area contributed by atoms with E-state index in [4.69, 9.17) is 23.2 Å². The lowest BCUT2D eigenvalue weighted by molar-refractivity contribution is 1.17. The molecule has 0 saturated carbocycles. The molecule has 0 spiro atoms. The Morgan fingerprint density at radius 1 is 1.00 bits per heavy atom. The van der Waals surface area contributed by atoms with E-state index in [1.807, 2.05) is 31.2 Å². The Bertz CT molecular complexity index is 477. The van der Waals surface area contributed by atoms with E-state index in [-0.39, 0.29) is 0 Å². The highest BCUT2D eigenvalue weighted by molar-refractivity contribution is 6.37. The number of benzene rings is 1. The third kappa shape index (κ3) is 1.96. The van der Waals surface area contributed by atoms with Crippen molar-refractivity contribution in [2.75, 3.05) is 0 Å². The van der Waals surface area contributed by atoms with E-state index in [1.165, 1.54) is 6.33 Å². The van der Waals surface area contributed by atoms with Crippen molar-refractivity contribution in [2.45, 2.75) is 6.92 Å². The van der Waals surface area contributed by atoms with E-state index in [1.54, 1.807) is 0 Å². The lowest BCUT2D eigenvalue weighted by atomic mass is 10.0. The highest BCUT2D eigenvalue weighted by atomic mass is 35.5. The Morgan fingerprint density at radius 2 is 1.60 bits per heavy atom. The van der Waals surface area contributed by atoms with E-state index in [0.717, 1.165) is 11.1 Å². The molecule has 0 fully saturated rings. The van der Waals surface area contributed by atoms with Crippen LogP contribution >= 0.6 is 23.2 Å². The summed E-state index contributed by atoms with van der Waals surface area (Å²) in [5.41, 5.74) is 2.75. The molecule has 2 nitrogen and oxygen atoms in total. The molecule has 0 atom stereocenters. The Morgan fingerprint density at radius 3 is 2.20 bits per heavy atom. The number of aromatic nitrogens is 2. The third-order valence-electron chi connectivity index (χ3n) is 2.17. The van der Waals surface area contributed by atoms with Gasteiger partial charge in [-0.3, -0.25) is 0 Å². The molecule has 0 aliphatic carbocycles. The van der Waals surface area contributed by atoms with Crippen LogP contribution in [0.15, 0.2) is 30.6 Å². The average molecular weight is 239 g/mol. The molecule has 0 bridgehead atoms. The maximum absolute atomic E-state index is 6.00. The van der Waals surface area contributed by atoms with E-state index in [0.29, 0.717) is 15.9 Å². The molecule has 2 rings (SSSR count). The van der Waals surface area contributed by atoms with Crippen LogP contribution in [0, 0.1) is 6.92 Å². The minimum atomic E-state index is 0.379. The van der Waals surface area contributed by atoms with E-state index in [2.05, 4.69) is 9.97 Å². The summed E-state index contributed by atoms with van der Waals surface area (Å²) in [6.07, 6.45) is 1.35. The van der Waals surface area contributed by atoms with Gasteiger partial charge in [-0.05, 0) is 18.1 Å². The average Bonchev–Trinajstić information content (AvgIpc) is 2.20. The van der Waals surface area contributed by atoms with Gasteiger partial charge in [0.2, 0.25) is 0 Å². The summed E-state index contributed by atoms with van der Waals surface area (Å²) in [4.78, 5) is 7.85. The molecule has 1 heterocycles. The normalized spacial score (nSPS) is 10.3.